The Morgan fingerprint density at radius 2 is 1.44 bits per heavy atom. The van der Waals surface area contributed by atoms with Crippen LogP contribution in [0.5, 0.6) is 0 Å². The molecule has 0 amide bonds. The minimum atomic E-state index is 0.500. The molecule has 0 saturated carbocycles. The molecule has 0 spiro atoms. The van der Waals surface area contributed by atoms with E-state index in [9.17, 15) is 0 Å². The monoisotopic (exact) mass is 213 g/mol. The van der Waals surface area contributed by atoms with Gasteiger partial charge in [0.2, 0.25) is 0 Å². The summed E-state index contributed by atoms with van der Waals surface area (Å²) in [6.07, 6.45) is 2.81. The largest absolute Gasteiger partial charge is 0.724 e. The third kappa shape index (κ3) is 5.19. The van der Waals surface area contributed by atoms with Crippen molar-refractivity contribution >= 4 is 23.1 Å². The number of pyridine rings is 1. The second-order valence-electron chi connectivity index (χ2n) is 2.38. The summed E-state index contributed by atoms with van der Waals surface area (Å²) in [5, 5.41) is 14.7. The smallest absolute Gasteiger partial charge is 0.0701 e. The van der Waals surface area contributed by atoms with Crippen LogP contribution >= 0.6 is 0 Å². The van der Waals surface area contributed by atoms with Crippen LogP contribution in [0.2, 0.25) is 0 Å². The number of rotatable bonds is 0. The zero-order valence-electron chi connectivity index (χ0n) is 8.20. The molecule has 0 atom stereocenters. The number of nitrogens with zero attached hydrogens (tertiary/aromatic N) is 3. The van der Waals surface area contributed by atoms with E-state index in [1.807, 2.05) is 30.5 Å². The van der Waals surface area contributed by atoms with Gasteiger partial charge in [0.05, 0.1) is 5.52 Å². The second kappa shape index (κ2) is 8.97. The summed E-state index contributed by atoms with van der Waals surface area (Å²) < 4.78 is 0. The molecule has 0 unspecified atom stereocenters. The normalized spacial score (nSPS) is 7.25. The third-order valence-electron chi connectivity index (χ3n) is 1.51. The lowest BCUT2D eigenvalue weighted by Gasteiger charge is -1.91. The highest BCUT2D eigenvalue weighted by Crippen LogP contribution is 2.07. The Balaban J connectivity index is 0.000000321. The number of hydrogen-bond donors (Lipinski definition) is 0. The minimum absolute atomic E-state index is 0.500. The fraction of sp³-hybridized carbons (Fsp3) is 0. The molecule has 0 aliphatic carbocycles. The SMILES string of the molecule is [N-]=C=O.[N-]=C=O.c1ccc2ncccc2c1. The number of para-hydroxylation sites is 1. The van der Waals surface area contributed by atoms with Crippen molar-refractivity contribution in [2.45, 2.75) is 0 Å². The van der Waals surface area contributed by atoms with E-state index in [1.165, 1.54) is 5.39 Å². The van der Waals surface area contributed by atoms with Crippen molar-refractivity contribution in [2.24, 2.45) is 0 Å². The maximum Gasteiger partial charge on any atom is 0.0701 e. The molecule has 80 valence electrons. The number of benzene rings is 1. The lowest BCUT2D eigenvalue weighted by molar-refractivity contribution is 0.568. The molecule has 0 N–H and O–H groups in total. The van der Waals surface area contributed by atoms with Crippen LogP contribution in [0.4, 0.5) is 0 Å². The van der Waals surface area contributed by atoms with Crippen LogP contribution in [0.25, 0.3) is 21.7 Å². The Hall–Kier alpha value is -2.61. The van der Waals surface area contributed by atoms with Gasteiger partial charge in [-0.2, -0.15) is 0 Å². The number of carbonyl (C=O) groups excluding carboxylic acids is 2. The van der Waals surface area contributed by atoms with Gasteiger partial charge in [-0.15, -0.1) is 0 Å². The van der Waals surface area contributed by atoms with Crippen LogP contribution in [-0.2, 0) is 9.59 Å². The summed E-state index contributed by atoms with van der Waals surface area (Å²) in [5.41, 5.74) is 1.06. The lowest BCUT2D eigenvalue weighted by atomic mass is 10.2. The summed E-state index contributed by atoms with van der Waals surface area (Å²) in [7, 11) is 0. The van der Waals surface area contributed by atoms with E-state index < -0.39 is 0 Å². The third-order valence-corrected chi connectivity index (χ3v) is 1.51. The van der Waals surface area contributed by atoms with Gasteiger partial charge in [0.25, 0.3) is 0 Å². The molecule has 0 fully saturated rings. The molecule has 16 heavy (non-hydrogen) atoms. The van der Waals surface area contributed by atoms with E-state index in [4.69, 9.17) is 20.4 Å². The van der Waals surface area contributed by atoms with Gasteiger partial charge in [-0.3, -0.25) is 14.6 Å². The van der Waals surface area contributed by atoms with E-state index in [0.717, 1.165) is 5.52 Å². The Labute approximate surface area is 91.8 Å². The molecule has 1 aromatic heterocycles. The molecule has 5 heteroatoms. The maximum absolute atomic E-state index is 8.24. The first-order valence-electron chi connectivity index (χ1n) is 4.12. The van der Waals surface area contributed by atoms with Crippen molar-refractivity contribution in [2.75, 3.05) is 0 Å². The molecule has 0 aliphatic rings. The molecule has 1 heterocycles. The average Bonchev–Trinajstić information content (AvgIpc) is 2.31. The van der Waals surface area contributed by atoms with E-state index in [0.29, 0.717) is 12.2 Å². The molecule has 5 nitrogen and oxygen atoms in total. The summed E-state index contributed by atoms with van der Waals surface area (Å²) in [6.45, 7) is 0. The van der Waals surface area contributed by atoms with Crippen molar-refractivity contribution < 1.29 is 9.59 Å². The van der Waals surface area contributed by atoms with Gasteiger partial charge < -0.3 is 10.8 Å². The van der Waals surface area contributed by atoms with Crippen molar-refractivity contribution in [3.63, 3.8) is 0 Å². The summed E-state index contributed by atoms with van der Waals surface area (Å²) in [4.78, 5) is 20.7. The van der Waals surface area contributed by atoms with Gasteiger partial charge in [-0.25, -0.2) is 0 Å². The zero-order chi connectivity index (χ0) is 12.2. The molecule has 1 aromatic carbocycles. The molecule has 2 rings (SSSR count). The Morgan fingerprint density at radius 1 is 0.938 bits per heavy atom. The van der Waals surface area contributed by atoms with Gasteiger partial charge in [-0.1, -0.05) is 24.3 Å². The van der Waals surface area contributed by atoms with E-state index in [2.05, 4.69) is 17.1 Å². The summed E-state index contributed by atoms with van der Waals surface area (Å²) in [6, 6.07) is 12.1. The standard InChI is InChI=1S/C9H7N.2CNO/c1-2-6-9-8(4-1)5-3-7-10-9;2*2-1-3/h1-7H;;/q;2*-1. The number of aromatic nitrogens is 1. The van der Waals surface area contributed by atoms with Crippen LogP contribution in [0.15, 0.2) is 42.6 Å². The maximum atomic E-state index is 8.24. The van der Waals surface area contributed by atoms with Gasteiger partial charge in [0, 0.05) is 11.6 Å². The Morgan fingerprint density at radius 3 is 2.00 bits per heavy atom. The first-order chi connectivity index (χ1) is 7.79. The van der Waals surface area contributed by atoms with Crippen LogP contribution in [0.3, 0.4) is 0 Å². The fourth-order valence-electron chi connectivity index (χ4n) is 1.02. The lowest BCUT2D eigenvalue weighted by Crippen LogP contribution is -1.73. The topological polar surface area (TPSA) is 91.6 Å². The number of isocyanates is 2. The van der Waals surface area contributed by atoms with Crippen LogP contribution in [0, 0.1) is 0 Å². The summed E-state index contributed by atoms with van der Waals surface area (Å²) >= 11 is 0. The van der Waals surface area contributed by atoms with E-state index in [1.54, 1.807) is 0 Å². The first-order valence-corrected chi connectivity index (χ1v) is 4.12. The molecule has 0 radical (unpaired) electrons. The quantitative estimate of drug-likeness (QED) is 0.495. The molecule has 0 bridgehead atoms. The molecule has 0 aliphatic heterocycles. The van der Waals surface area contributed by atoms with Crippen molar-refractivity contribution in [1.29, 1.82) is 0 Å². The van der Waals surface area contributed by atoms with Crippen LogP contribution < -0.4 is 0 Å². The highest BCUT2D eigenvalue weighted by molar-refractivity contribution is 5.77. The zero-order valence-corrected chi connectivity index (χ0v) is 8.20. The Kier molecular flexibility index (Phi) is 7.50. The van der Waals surface area contributed by atoms with E-state index in [-0.39, 0.29) is 0 Å². The average molecular weight is 213 g/mol. The molecule has 0 saturated heterocycles. The summed E-state index contributed by atoms with van der Waals surface area (Å²) in [5.74, 6) is 0. The highest BCUT2D eigenvalue weighted by Gasteiger charge is 1.86. The molecular formula is C11H7N3O2-2. The predicted molar refractivity (Wildman–Crippen MR) is 59.8 cm³/mol. The molecular weight excluding hydrogens is 206 g/mol. The number of fused-ring (bicyclic) bond motifs is 1. The highest BCUT2D eigenvalue weighted by atomic mass is 16.1. The predicted octanol–water partition coefficient (Wildman–Crippen LogP) is 2.02. The second-order valence-corrected chi connectivity index (χ2v) is 2.38. The van der Waals surface area contributed by atoms with Crippen LogP contribution in [0.1, 0.15) is 0 Å². The molecule has 2 aromatic rings. The van der Waals surface area contributed by atoms with Gasteiger partial charge in [0.1, 0.15) is 0 Å². The van der Waals surface area contributed by atoms with Crippen LogP contribution in [-0.4, -0.2) is 17.1 Å². The van der Waals surface area contributed by atoms with E-state index >= 15 is 0 Å². The van der Waals surface area contributed by atoms with Gasteiger partial charge >= 0.3 is 0 Å². The van der Waals surface area contributed by atoms with Gasteiger partial charge in [-0.05, 0) is 24.3 Å². The Bertz CT molecular complexity index is 422. The van der Waals surface area contributed by atoms with Crippen molar-refractivity contribution in [3.05, 3.63) is 53.4 Å². The first kappa shape index (κ1) is 13.4. The fourth-order valence-corrected chi connectivity index (χ4v) is 1.02. The van der Waals surface area contributed by atoms with Crippen molar-refractivity contribution in [1.82, 2.24) is 4.98 Å². The number of hydrogen-bond acceptors (Lipinski definition) is 3. The van der Waals surface area contributed by atoms with Crippen molar-refractivity contribution in [3.8, 4) is 0 Å². The van der Waals surface area contributed by atoms with Gasteiger partial charge in [0.15, 0.2) is 0 Å². The minimum Gasteiger partial charge on any atom is -0.724 e.